The molecule has 1 rings (SSSR count). The Morgan fingerprint density at radius 1 is 1.67 bits per heavy atom. The molecule has 0 bridgehead atoms. The zero-order chi connectivity index (χ0) is 9.03. The Morgan fingerprint density at radius 2 is 2.42 bits per heavy atom. The molecule has 8 heteroatoms. The molecule has 0 aliphatic heterocycles. The van der Waals surface area contributed by atoms with Crippen molar-refractivity contribution in [2.45, 2.75) is 5.16 Å². The average Bonchev–Trinajstić information content (AvgIpc) is 2.36. The Bertz CT molecular complexity index is 271. The van der Waals surface area contributed by atoms with E-state index in [1.54, 1.807) is 0 Å². The lowest BCUT2D eigenvalue weighted by molar-refractivity contribution is 0.375. The minimum absolute atomic E-state index is 0.147. The Labute approximate surface area is 73.0 Å². The fourth-order valence-corrected chi connectivity index (χ4v) is 2.27. The second-order valence-corrected chi connectivity index (χ2v) is 4.86. The van der Waals surface area contributed by atoms with E-state index in [-0.39, 0.29) is 6.16 Å². The lowest BCUT2D eigenvalue weighted by Gasteiger charge is -2.00. The quantitative estimate of drug-likeness (QED) is 0.479. The number of aromatic nitrogens is 3. The van der Waals surface area contributed by atoms with E-state index in [1.165, 1.54) is 18.1 Å². The third kappa shape index (κ3) is 3.87. The first kappa shape index (κ1) is 9.73. The van der Waals surface area contributed by atoms with Gasteiger partial charge in [-0.15, -0.1) is 5.10 Å². The maximum atomic E-state index is 10.4. The van der Waals surface area contributed by atoms with Crippen LogP contribution in [0.4, 0.5) is 0 Å². The van der Waals surface area contributed by atoms with Crippen LogP contribution in [0.3, 0.4) is 0 Å². The summed E-state index contributed by atoms with van der Waals surface area (Å²) < 4.78 is 10.4. The highest BCUT2D eigenvalue weighted by Crippen LogP contribution is 2.35. The molecule has 12 heavy (non-hydrogen) atoms. The molecule has 0 unspecified atom stereocenters. The highest BCUT2D eigenvalue weighted by molar-refractivity contribution is 7.99. The average molecular weight is 209 g/mol. The van der Waals surface area contributed by atoms with Crippen LogP contribution in [0.25, 0.3) is 0 Å². The Hall–Kier alpha value is -0.360. The predicted octanol–water partition coefficient (Wildman–Crippen LogP) is 0.0745. The van der Waals surface area contributed by atoms with E-state index in [2.05, 4.69) is 15.2 Å². The number of H-pyrrole nitrogens is 1. The molecule has 0 saturated heterocycles. The summed E-state index contributed by atoms with van der Waals surface area (Å²) in [6, 6.07) is 0. The molecule has 1 aromatic rings. The van der Waals surface area contributed by atoms with Gasteiger partial charge >= 0.3 is 7.60 Å². The van der Waals surface area contributed by atoms with Crippen molar-refractivity contribution < 1.29 is 14.4 Å². The van der Waals surface area contributed by atoms with Crippen molar-refractivity contribution in [1.82, 2.24) is 15.2 Å². The van der Waals surface area contributed by atoms with Gasteiger partial charge in [-0.05, 0) is 0 Å². The third-order valence-corrected chi connectivity index (χ3v) is 2.98. The van der Waals surface area contributed by atoms with Crippen LogP contribution >= 0.6 is 19.4 Å². The van der Waals surface area contributed by atoms with Crippen LogP contribution in [-0.2, 0) is 4.57 Å². The van der Waals surface area contributed by atoms with Crippen molar-refractivity contribution in [2.24, 2.45) is 0 Å². The van der Waals surface area contributed by atoms with Gasteiger partial charge in [0.15, 0.2) is 0 Å². The SMILES string of the molecule is O=P(O)(O)CCSc1nc[nH]n1. The van der Waals surface area contributed by atoms with Crippen LogP contribution in [0.15, 0.2) is 11.5 Å². The number of thioether (sulfide) groups is 1. The topological polar surface area (TPSA) is 99.1 Å². The van der Waals surface area contributed by atoms with Gasteiger partial charge in [0, 0.05) is 5.75 Å². The molecule has 1 aromatic heterocycles. The monoisotopic (exact) mass is 209 g/mol. The van der Waals surface area contributed by atoms with Crippen LogP contribution < -0.4 is 0 Å². The van der Waals surface area contributed by atoms with Gasteiger partial charge in [0.25, 0.3) is 0 Å². The second kappa shape index (κ2) is 4.04. The van der Waals surface area contributed by atoms with E-state index in [1.807, 2.05) is 0 Å². The van der Waals surface area contributed by atoms with Gasteiger partial charge in [-0.3, -0.25) is 9.66 Å². The molecule has 0 radical (unpaired) electrons. The van der Waals surface area contributed by atoms with Gasteiger partial charge in [-0.1, -0.05) is 11.8 Å². The maximum Gasteiger partial charge on any atom is 0.326 e. The molecule has 0 aliphatic carbocycles. The molecule has 0 aromatic carbocycles. The van der Waals surface area contributed by atoms with Gasteiger partial charge in [-0.25, -0.2) is 4.98 Å². The zero-order valence-corrected chi connectivity index (χ0v) is 7.76. The van der Waals surface area contributed by atoms with E-state index < -0.39 is 7.60 Å². The van der Waals surface area contributed by atoms with Gasteiger partial charge in [-0.2, -0.15) is 0 Å². The van der Waals surface area contributed by atoms with E-state index in [0.717, 1.165) is 0 Å². The zero-order valence-electron chi connectivity index (χ0n) is 6.04. The van der Waals surface area contributed by atoms with E-state index >= 15 is 0 Å². The van der Waals surface area contributed by atoms with Crippen molar-refractivity contribution in [3.63, 3.8) is 0 Å². The molecule has 0 fully saturated rings. The minimum atomic E-state index is -3.87. The van der Waals surface area contributed by atoms with Crippen molar-refractivity contribution in [3.8, 4) is 0 Å². The van der Waals surface area contributed by atoms with Crippen LogP contribution in [0, 0.1) is 0 Å². The number of hydrogen-bond donors (Lipinski definition) is 3. The summed E-state index contributed by atoms with van der Waals surface area (Å²) in [7, 11) is -3.87. The van der Waals surface area contributed by atoms with Gasteiger partial charge in [0.2, 0.25) is 5.16 Å². The number of nitrogens with one attached hydrogen (secondary N) is 1. The van der Waals surface area contributed by atoms with Crippen LogP contribution in [0.2, 0.25) is 0 Å². The number of nitrogens with zero attached hydrogens (tertiary/aromatic N) is 2. The fraction of sp³-hybridized carbons (Fsp3) is 0.500. The molecule has 68 valence electrons. The van der Waals surface area contributed by atoms with Gasteiger partial charge in [0.1, 0.15) is 6.33 Å². The van der Waals surface area contributed by atoms with Crippen LogP contribution in [0.1, 0.15) is 0 Å². The summed E-state index contributed by atoms with van der Waals surface area (Å²) >= 11 is 1.21. The van der Waals surface area contributed by atoms with Crippen molar-refractivity contribution in [2.75, 3.05) is 11.9 Å². The molecule has 1 heterocycles. The van der Waals surface area contributed by atoms with Crippen LogP contribution in [-0.4, -0.2) is 36.9 Å². The van der Waals surface area contributed by atoms with E-state index in [4.69, 9.17) is 9.79 Å². The molecule has 0 saturated carbocycles. The molecular formula is C4H8N3O3PS. The van der Waals surface area contributed by atoms with E-state index in [9.17, 15) is 4.57 Å². The first-order valence-corrected chi connectivity index (χ1v) is 5.89. The summed E-state index contributed by atoms with van der Waals surface area (Å²) in [5, 5.41) is 6.71. The Balaban J connectivity index is 2.24. The normalized spacial score (nSPS) is 11.8. The lowest BCUT2D eigenvalue weighted by Crippen LogP contribution is -1.91. The van der Waals surface area contributed by atoms with Gasteiger partial charge < -0.3 is 9.79 Å². The highest BCUT2D eigenvalue weighted by Gasteiger charge is 2.12. The number of hydrogen-bond acceptors (Lipinski definition) is 4. The lowest BCUT2D eigenvalue weighted by atomic mass is 11.0. The molecule has 0 amide bonds. The first-order valence-electron chi connectivity index (χ1n) is 3.11. The number of rotatable bonds is 4. The highest BCUT2D eigenvalue weighted by atomic mass is 32.2. The molecule has 3 N–H and O–H groups in total. The third-order valence-electron chi connectivity index (χ3n) is 1.01. The summed E-state index contributed by atoms with van der Waals surface area (Å²) in [4.78, 5) is 20.8. The Morgan fingerprint density at radius 3 is 2.92 bits per heavy atom. The van der Waals surface area contributed by atoms with Gasteiger partial charge in [0.05, 0.1) is 6.16 Å². The predicted molar refractivity (Wildman–Crippen MR) is 44.0 cm³/mol. The van der Waals surface area contributed by atoms with Crippen molar-refractivity contribution in [3.05, 3.63) is 6.33 Å². The van der Waals surface area contributed by atoms with Crippen molar-refractivity contribution in [1.29, 1.82) is 0 Å². The second-order valence-electron chi connectivity index (χ2n) is 2.02. The molecule has 0 aliphatic rings. The standard InChI is InChI=1S/C4H8N3O3PS/c8-11(9,10)1-2-12-4-5-3-6-7-4/h3H,1-2H2,(H,5,6,7)(H2,8,9,10). The summed E-state index contributed by atoms with van der Waals surface area (Å²) in [5.74, 6) is 0.322. The summed E-state index contributed by atoms with van der Waals surface area (Å²) in [6.07, 6.45) is 1.27. The number of aromatic amines is 1. The van der Waals surface area contributed by atoms with Crippen molar-refractivity contribution >= 4 is 19.4 Å². The fourth-order valence-electron chi connectivity index (χ4n) is 0.522. The molecule has 0 atom stereocenters. The first-order chi connectivity index (χ1) is 5.58. The minimum Gasteiger partial charge on any atom is -0.324 e. The summed E-state index contributed by atoms with van der Waals surface area (Å²) in [5.41, 5.74) is 0. The van der Waals surface area contributed by atoms with E-state index in [0.29, 0.717) is 10.9 Å². The smallest absolute Gasteiger partial charge is 0.324 e. The summed E-state index contributed by atoms with van der Waals surface area (Å²) in [6.45, 7) is 0. The Kier molecular flexibility index (Phi) is 3.28. The molecule has 0 spiro atoms. The molecule has 6 nitrogen and oxygen atoms in total. The maximum absolute atomic E-state index is 10.4. The largest absolute Gasteiger partial charge is 0.326 e. The molecular weight excluding hydrogens is 201 g/mol. The van der Waals surface area contributed by atoms with Crippen LogP contribution in [0.5, 0.6) is 0 Å².